The lowest BCUT2D eigenvalue weighted by Crippen LogP contribution is -2.60. The maximum atomic E-state index is 14.0. The van der Waals surface area contributed by atoms with E-state index in [1.54, 1.807) is 0 Å². The molecule has 4 heterocycles. The number of carbonyl (C=O) groups excluding carboxylic acids is 8. The summed E-state index contributed by atoms with van der Waals surface area (Å²) in [5.41, 5.74) is 3.01. The van der Waals surface area contributed by atoms with Gasteiger partial charge in [-0.25, -0.2) is 4.98 Å². The van der Waals surface area contributed by atoms with Gasteiger partial charge in [-0.1, -0.05) is 317 Å². The molecular formula is C110H179N7O9. The normalized spacial score (nSPS) is 20.8. The predicted octanol–water partition coefficient (Wildman–Crippen LogP) is 28.7. The number of unbranched alkanes of at least 4 members (excludes halogenated alkanes) is 37. The lowest BCUT2D eigenvalue weighted by atomic mass is 9.61. The lowest BCUT2D eigenvalue weighted by molar-refractivity contribution is -0.143. The molecule has 9 atom stereocenters. The summed E-state index contributed by atoms with van der Waals surface area (Å²) >= 11 is 0. The van der Waals surface area contributed by atoms with E-state index in [-0.39, 0.29) is 52.7 Å². The average molecular weight is 1740 g/mol. The second kappa shape index (κ2) is 60.5. The van der Waals surface area contributed by atoms with Crippen molar-refractivity contribution in [2.75, 3.05) is 36.4 Å². The third kappa shape index (κ3) is 37.4. The molecule has 1 saturated heterocycles. The van der Waals surface area contributed by atoms with E-state index >= 15 is 0 Å². The summed E-state index contributed by atoms with van der Waals surface area (Å²) in [5, 5.41) is 9.42. The standard InChI is InChI=1S/C110H179N7O9/c1-8-12-16-20-28-43-59-94-87(55-39-18-14-10-3)66-68-89(57-41-27-23-33-48-64-101(119)112-83-53-38-50-80-109(5,6)117-105(123)78-79-106(117)124)96(94)61-45-30-24-34-49-65-102(120)113-92-72-75-98-99(85-92)126-107(114-98)91-70-73-93(74-71-91)116-86-110(7,108(116)125)81-51-35-25-31-46-62-97-90(69-67-88(56-40-19-15-11-4)95(97)60-44-29-21-17-13-9-2)58-42-26-22-32-47-63-100(118)111-82-52-36-37-54-84-115-103(121)76-77-104(115)122/h70-79,85,87-90,94-97H,8-69,80-84,86H2,1-7H3,(H,111,118)(H,112,119)(H,113,120). The highest BCUT2D eigenvalue weighted by atomic mass is 16.3. The highest BCUT2D eigenvalue weighted by molar-refractivity contribution is 6.14. The monoisotopic (exact) mass is 1740 g/mol. The van der Waals surface area contributed by atoms with E-state index in [1.165, 1.54) is 323 Å². The zero-order valence-corrected chi connectivity index (χ0v) is 81.0. The third-order valence-electron chi connectivity index (χ3n) is 30.2. The van der Waals surface area contributed by atoms with Gasteiger partial charge in [-0.2, -0.15) is 0 Å². The number of imide groups is 2. The molecule has 2 saturated carbocycles. The molecule has 3 fully saturated rings. The van der Waals surface area contributed by atoms with Crippen molar-refractivity contribution in [3.63, 3.8) is 0 Å². The average Bonchev–Trinajstić information content (AvgIpc) is 0.778. The van der Waals surface area contributed by atoms with Crippen LogP contribution in [-0.4, -0.2) is 93.8 Å². The first-order chi connectivity index (χ1) is 61.4. The fourth-order valence-electron chi connectivity index (χ4n) is 22.6. The van der Waals surface area contributed by atoms with Gasteiger partial charge in [-0.3, -0.25) is 48.2 Å². The molecule has 8 rings (SSSR count). The second-order valence-electron chi connectivity index (χ2n) is 40.9. The summed E-state index contributed by atoms with van der Waals surface area (Å²) in [5.74, 6) is 7.00. The number of nitrogens with one attached hydrogen (secondary N) is 3. The molecule has 0 radical (unpaired) electrons. The molecule has 3 N–H and O–H groups in total. The largest absolute Gasteiger partial charge is 0.436 e. The molecule has 8 amide bonds. The molecule has 16 nitrogen and oxygen atoms in total. The highest BCUT2D eigenvalue weighted by Crippen LogP contribution is 2.50. The van der Waals surface area contributed by atoms with Gasteiger partial charge in [-0.05, 0) is 207 Å². The second-order valence-corrected chi connectivity index (χ2v) is 40.9. The number of hydrogen-bond donors (Lipinski definition) is 3. The van der Waals surface area contributed by atoms with Gasteiger partial charge in [0.25, 0.3) is 23.6 Å². The van der Waals surface area contributed by atoms with Crippen LogP contribution in [0.3, 0.4) is 0 Å². The molecule has 5 aliphatic rings. The first kappa shape index (κ1) is 105. The maximum Gasteiger partial charge on any atom is 0.254 e. The number of hydrogen-bond acceptors (Lipinski definition) is 10. The Morgan fingerprint density at radius 3 is 1.21 bits per heavy atom. The number of fused-ring (bicyclic) bond motifs is 1. The molecule has 0 bridgehead atoms. The van der Waals surface area contributed by atoms with Gasteiger partial charge < -0.3 is 25.3 Å². The topological polar surface area (TPSA) is 208 Å². The minimum Gasteiger partial charge on any atom is -0.436 e. The van der Waals surface area contributed by atoms with Crippen LogP contribution in [0, 0.1) is 52.8 Å². The van der Waals surface area contributed by atoms with Gasteiger partial charge in [0.15, 0.2) is 5.58 Å². The first-order valence-electron chi connectivity index (χ1n) is 53.1. The molecule has 16 heteroatoms. The summed E-state index contributed by atoms with van der Waals surface area (Å²) in [6, 6.07) is 13.8. The molecule has 0 spiro atoms. The minimum atomic E-state index is -0.511. The number of β-lactam (4-membered cyclic amide) rings is 1. The summed E-state index contributed by atoms with van der Waals surface area (Å²) < 4.78 is 6.35. The van der Waals surface area contributed by atoms with Gasteiger partial charge in [0.05, 0.1) is 5.41 Å². The zero-order chi connectivity index (χ0) is 89.8. The molecule has 126 heavy (non-hydrogen) atoms. The van der Waals surface area contributed by atoms with E-state index in [1.807, 2.05) is 61.2 Å². The molecular weight excluding hydrogens is 1560 g/mol. The van der Waals surface area contributed by atoms with Crippen LogP contribution < -0.4 is 20.9 Å². The number of nitrogens with zero attached hydrogens (tertiary/aromatic N) is 4. The molecule has 3 aliphatic heterocycles. The molecule has 3 aromatic rings. The number of amides is 8. The van der Waals surface area contributed by atoms with Crippen molar-refractivity contribution in [3.8, 4) is 11.5 Å². The number of oxazole rings is 1. The Hall–Kier alpha value is -6.45. The molecule has 2 aliphatic carbocycles. The fraction of sp³-hybridized carbons (Fsp3) is 0.773. The Morgan fingerprint density at radius 2 is 0.778 bits per heavy atom. The van der Waals surface area contributed by atoms with Crippen molar-refractivity contribution in [3.05, 3.63) is 66.8 Å². The Labute approximate surface area is 765 Å². The van der Waals surface area contributed by atoms with E-state index in [0.717, 1.165) is 179 Å². The number of aromatic nitrogens is 1. The number of anilines is 2. The zero-order valence-electron chi connectivity index (χ0n) is 81.0. The SMILES string of the molecule is CCCCCCCCC1C(CCCCCC)CCC(CCCCCCCC(=O)NCCCCCC(C)(C)N2C(=O)C=CC2=O)C1CCCCCCCC(=O)Nc1ccc2nc(-c3ccc(N4CC(C)(CCCCCCCC5C(CCCCCCCC(=O)NCCCCCCN6C(=O)C=CC6=O)CCC(CCCCCC)C5CCCCCCCC)C4=O)cc3)oc2c1. The first-order valence-corrected chi connectivity index (χ1v) is 53.1. The van der Waals surface area contributed by atoms with Crippen molar-refractivity contribution in [1.82, 2.24) is 25.4 Å². The summed E-state index contributed by atoms with van der Waals surface area (Å²) in [7, 11) is 0. The van der Waals surface area contributed by atoms with E-state index in [2.05, 4.69) is 50.6 Å². The summed E-state index contributed by atoms with van der Waals surface area (Å²) in [4.78, 5) is 110. The Morgan fingerprint density at radius 1 is 0.413 bits per heavy atom. The van der Waals surface area contributed by atoms with Crippen LogP contribution in [-0.2, 0) is 38.4 Å². The fourth-order valence-corrected chi connectivity index (χ4v) is 22.6. The van der Waals surface area contributed by atoms with Crippen LogP contribution in [0.15, 0.2) is 71.2 Å². The molecule has 1 aromatic heterocycles. The van der Waals surface area contributed by atoms with Crippen LogP contribution in [0.5, 0.6) is 0 Å². The van der Waals surface area contributed by atoms with Gasteiger partial charge in [-0.15, -0.1) is 0 Å². The van der Waals surface area contributed by atoms with Gasteiger partial charge in [0.2, 0.25) is 29.5 Å². The van der Waals surface area contributed by atoms with E-state index < -0.39 is 5.54 Å². The van der Waals surface area contributed by atoms with Crippen LogP contribution in [0.2, 0.25) is 0 Å². The van der Waals surface area contributed by atoms with Crippen LogP contribution in [0.25, 0.3) is 22.6 Å². The van der Waals surface area contributed by atoms with Crippen molar-refractivity contribution >= 4 is 69.7 Å². The van der Waals surface area contributed by atoms with Crippen LogP contribution in [0.4, 0.5) is 11.4 Å². The molecule has 2 aromatic carbocycles. The summed E-state index contributed by atoms with van der Waals surface area (Å²) in [6.45, 7) is 18.0. The van der Waals surface area contributed by atoms with Crippen LogP contribution >= 0.6 is 0 Å². The van der Waals surface area contributed by atoms with Gasteiger partial charge in [0, 0.05) is 98.3 Å². The van der Waals surface area contributed by atoms with Gasteiger partial charge in [0.1, 0.15) is 5.52 Å². The van der Waals surface area contributed by atoms with E-state index in [4.69, 9.17) is 9.40 Å². The molecule has 708 valence electrons. The quantitative estimate of drug-likeness (QED) is 0.0277. The highest BCUT2D eigenvalue weighted by Gasteiger charge is 2.48. The maximum absolute atomic E-state index is 14.0. The third-order valence-corrected chi connectivity index (χ3v) is 30.2. The van der Waals surface area contributed by atoms with E-state index in [9.17, 15) is 38.4 Å². The van der Waals surface area contributed by atoms with Crippen LogP contribution in [0.1, 0.15) is 459 Å². The predicted molar refractivity (Wildman–Crippen MR) is 522 cm³/mol. The molecule has 9 unspecified atom stereocenters. The van der Waals surface area contributed by atoms with Gasteiger partial charge >= 0.3 is 0 Å². The number of rotatable bonds is 73. The summed E-state index contributed by atoms with van der Waals surface area (Å²) in [6.07, 6.45) is 82.6. The minimum absolute atomic E-state index is 0.0357. The number of carbonyl (C=O) groups is 8. The van der Waals surface area contributed by atoms with Crippen molar-refractivity contribution < 1.29 is 42.8 Å². The Balaban J connectivity index is 0.713. The van der Waals surface area contributed by atoms with Crippen molar-refractivity contribution in [1.29, 1.82) is 0 Å². The lowest BCUT2D eigenvalue weighted by Gasteiger charge is -2.47. The van der Waals surface area contributed by atoms with E-state index in [0.29, 0.717) is 50.4 Å². The number of benzene rings is 2. The van der Waals surface area contributed by atoms with Crippen molar-refractivity contribution in [2.24, 2.45) is 52.8 Å². The Bertz CT molecular complexity index is 3640. The smallest absolute Gasteiger partial charge is 0.254 e. The Kier molecular flexibility index (Phi) is 50.4. The van der Waals surface area contributed by atoms with Crippen molar-refractivity contribution in [2.45, 2.75) is 465 Å².